The standard InChI is InChI=1S/C17H18N2O3S/c18-16(21)15-12-6-2-1-3-7-13(12)23-17(15)19-14(20)9-8-11-5-4-10-22-11/h4-5,8-10H,1-3,6-7H2,(H2,18,21)(H,19,20). The van der Waals surface area contributed by atoms with Crippen molar-refractivity contribution in [1.82, 2.24) is 0 Å². The van der Waals surface area contributed by atoms with E-state index in [1.54, 1.807) is 24.5 Å². The van der Waals surface area contributed by atoms with Crippen molar-refractivity contribution in [2.24, 2.45) is 5.73 Å². The Kier molecular flexibility index (Phi) is 4.62. The monoisotopic (exact) mass is 330 g/mol. The molecule has 0 spiro atoms. The van der Waals surface area contributed by atoms with Crippen LogP contribution < -0.4 is 11.1 Å². The summed E-state index contributed by atoms with van der Waals surface area (Å²) in [5.74, 6) is -0.188. The number of furan rings is 1. The van der Waals surface area contributed by atoms with Gasteiger partial charge in [0.15, 0.2) is 0 Å². The first-order valence-electron chi connectivity index (χ1n) is 7.62. The van der Waals surface area contributed by atoms with Crippen LogP contribution in [0.5, 0.6) is 0 Å². The largest absolute Gasteiger partial charge is 0.465 e. The average Bonchev–Trinajstić information content (AvgIpc) is 3.08. The van der Waals surface area contributed by atoms with Gasteiger partial charge >= 0.3 is 0 Å². The number of anilines is 1. The fraction of sp³-hybridized carbons (Fsp3) is 0.294. The minimum absolute atomic E-state index is 0.305. The number of hydrogen-bond donors (Lipinski definition) is 2. The number of nitrogens with one attached hydrogen (secondary N) is 1. The minimum Gasteiger partial charge on any atom is -0.465 e. The molecule has 6 heteroatoms. The molecule has 0 saturated carbocycles. The Labute approximate surface area is 138 Å². The predicted octanol–water partition coefficient (Wildman–Crippen LogP) is 3.36. The van der Waals surface area contributed by atoms with E-state index in [4.69, 9.17) is 10.2 Å². The fourth-order valence-corrected chi connectivity index (χ4v) is 4.09. The van der Waals surface area contributed by atoms with Crippen LogP contribution in [0.25, 0.3) is 6.08 Å². The van der Waals surface area contributed by atoms with Crippen molar-refractivity contribution in [2.45, 2.75) is 32.1 Å². The van der Waals surface area contributed by atoms with Crippen molar-refractivity contribution in [3.05, 3.63) is 46.2 Å². The maximum absolute atomic E-state index is 12.1. The number of thiophene rings is 1. The highest BCUT2D eigenvalue weighted by atomic mass is 32.1. The maximum atomic E-state index is 12.1. The summed E-state index contributed by atoms with van der Waals surface area (Å²) in [6.07, 6.45) is 9.62. The minimum atomic E-state index is -0.477. The van der Waals surface area contributed by atoms with E-state index in [1.165, 1.54) is 22.3 Å². The topological polar surface area (TPSA) is 85.3 Å². The van der Waals surface area contributed by atoms with E-state index in [2.05, 4.69) is 5.32 Å². The van der Waals surface area contributed by atoms with Crippen molar-refractivity contribution < 1.29 is 14.0 Å². The molecule has 0 aliphatic heterocycles. The molecule has 1 aliphatic rings. The number of carbonyl (C=O) groups excluding carboxylic acids is 2. The number of aryl methyl sites for hydroxylation is 1. The van der Waals surface area contributed by atoms with Crippen LogP contribution in [-0.4, -0.2) is 11.8 Å². The second-order valence-corrected chi connectivity index (χ2v) is 6.58. The lowest BCUT2D eigenvalue weighted by Crippen LogP contribution is -2.16. The molecular formula is C17H18N2O3S. The van der Waals surface area contributed by atoms with E-state index in [1.807, 2.05) is 0 Å². The summed E-state index contributed by atoms with van der Waals surface area (Å²) in [5.41, 5.74) is 7.04. The molecule has 2 amide bonds. The van der Waals surface area contributed by atoms with Crippen molar-refractivity contribution in [3.63, 3.8) is 0 Å². The Morgan fingerprint density at radius 1 is 1.26 bits per heavy atom. The summed E-state index contributed by atoms with van der Waals surface area (Å²) < 4.78 is 5.14. The summed E-state index contributed by atoms with van der Waals surface area (Å²) in [7, 11) is 0. The zero-order valence-electron chi connectivity index (χ0n) is 12.6. The summed E-state index contributed by atoms with van der Waals surface area (Å²) in [4.78, 5) is 25.1. The summed E-state index contributed by atoms with van der Waals surface area (Å²) in [5, 5.41) is 3.34. The number of nitrogens with two attached hydrogens (primary N) is 1. The summed E-state index contributed by atoms with van der Waals surface area (Å²) in [6, 6.07) is 3.51. The highest BCUT2D eigenvalue weighted by molar-refractivity contribution is 7.17. The first-order chi connectivity index (χ1) is 11.1. The molecular weight excluding hydrogens is 312 g/mol. The molecule has 0 unspecified atom stereocenters. The van der Waals surface area contributed by atoms with Gasteiger partial charge in [0.2, 0.25) is 5.91 Å². The molecule has 0 atom stereocenters. The van der Waals surface area contributed by atoms with Gasteiger partial charge in [-0.3, -0.25) is 9.59 Å². The van der Waals surface area contributed by atoms with Crippen LogP contribution in [-0.2, 0) is 17.6 Å². The quantitative estimate of drug-likeness (QED) is 0.666. The van der Waals surface area contributed by atoms with Crippen molar-refractivity contribution >= 4 is 34.2 Å². The molecule has 0 radical (unpaired) electrons. The number of carbonyl (C=O) groups is 2. The lowest BCUT2D eigenvalue weighted by molar-refractivity contribution is -0.111. The third-order valence-electron chi connectivity index (χ3n) is 3.85. The highest BCUT2D eigenvalue weighted by Gasteiger charge is 2.23. The van der Waals surface area contributed by atoms with Crippen molar-refractivity contribution in [3.8, 4) is 0 Å². The molecule has 1 aliphatic carbocycles. The first kappa shape index (κ1) is 15.6. The Hall–Kier alpha value is -2.34. The van der Waals surface area contributed by atoms with Gasteiger partial charge in [-0.05, 0) is 49.5 Å². The molecule has 0 bridgehead atoms. The van der Waals surface area contributed by atoms with E-state index in [-0.39, 0.29) is 5.91 Å². The highest BCUT2D eigenvalue weighted by Crippen LogP contribution is 2.37. The number of fused-ring (bicyclic) bond motifs is 1. The van der Waals surface area contributed by atoms with Crippen LogP contribution in [0.3, 0.4) is 0 Å². The third-order valence-corrected chi connectivity index (χ3v) is 5.05. The Balaban J connectivity index is 1.82. The zero-order valence-corrected chi connectivity index (χ0v) is 13.4. The average molecular weight is 330 g/mol. The Bertz CT molecular complexity index is 744. The number of amides is 2. The van der Waals surface area contributed by atoms with Crippen molar-refractivity contribution in [1.29, 1.82) is 0 Å². The second kappa shape index (κ2) is 6.83. The van der Waals surface area contributed by atoms with Crippen LogP contribution in [0.15, 0.2) is 28.9 Å². The van der Waals surface area contributed by atoms with Gasteiger partial charge in [-0.1, -0.05) is 6.42 Å². The van der Waals surface area contributed by atoms with E-state index in [0.29, 0.717) is 16.3 Å². The van der Waals surface area contributed by atoms with Gasteiger partial charge in [0.1, 0.15) is 10.8 Å². The van der Waals surface area contributed by atoms with Crippen LogP contribution >= 0.6 is 11.3 Å². The smallest absolute Gasteiger partial charge is 0.251 e. The normalized spacial score (nSPS) is 14.4. The lowest BCUT2D eigenvalue weighted by atomic mass is 10.1. The molecule has 2 aromatic rings. The van der Waals surface area contributed by atoms with Gasteiger partial charge in [0, 0.05) is 11.0 Å². The van der Waals surface area contributed by atoms with Crippen LogP contribution in [0.4, 0.5) is 5.00 Å². The molecule has 3 rings (SSSR count). The van der Waals surface area contributed by atoms with Gasteiger partial charge in [0.05, 0.1) is 11.8 Å². The van der Waals surface area contributed by atoms with Gasteiger partial charge in [0.25, 0.3) is 5.91 Å². The van der Waals surface area contributed by atoms with E-state index in [0.717, 1.165) is 37.7 Å². The fourth-order valence-electron chi connectivity index (χ4n) is 2.79. The molecule has 5 nitrogen and oxygen atoms in total. The number of primary amides is 1. The SMILES string of the molecule is NC(=O)c1c(NC(=O)C=Cc2ccco2)sc2c1CCCCC2. The van der Waals surface area contributed by atoms with Crippen LogP contribution in [0.1, 0.15) is 45.8 Å². The molecule has 2 aromatic heterocycles. The summed E-state index contributed by atoms with van der Waals surface area (Å²) in [6.45, 7) is 0. The van der Waals surface area contributed by atoms with E-state index < -0.39 is 5.91 Å². The van der Waals surface area contributed by atoms with Gasteiger partial charge in [-0.2, -0.15) is 0 Å². The molecule has 120 valence electrons. The molecule has 0 fully saturated rings. The Morgan fingerprint density at radius 2 is 2.09 bits per heavy atom. The molecule has 0 aromatic carbocycles. The first-order valence-corrected chi connectivity index (χ1v) is 8.43. The van der Waals surface area contributed by atoms with Gasteiger partial charge < -0.3 is 15.5 Å². The lowest BCUT2D eigenvalue weighted by Gasteiger charge is -2.04. The predicted molar refractivity (Wildman–Crippen MR) is 90.5 cm³/mol. The molecule has 3 N–H and O–H groups in total. The third kappa shape index (κ3) is 3.53. The van der Waals surface area contributed by atoms with Crippen LogP contribution in [0, 0.1) is 0 Å². The number of rotatable bonds is 4. The van der Waals surface area contributed by atoms with Crippen molar-refractivity contribution in [2.75, 3.05) is 5.32 Å². The van der Waals surface area contributed by atoms with Crippen LogP contribution in [0.2, 0.25) is 0 Å². The van der Waals surface area contributed by atoms with Gasteiger partial charge in [-0.15, -0.1) is 11.3 Å². The summed E-state index contributed by atoms with van der Waals surface area (Å²) >= 11 is 1.47. The maximum Gasteiger partial charge on any atom is 0.251 e. The van der Waals surface area contributed by atoms with E-state index >= 15 is 0 Å². The molecule has 2 heterocycles. The molecule has 23 heavy (non-hydrogen) atoms. The second-order valence-electron chi connectivity index (χ2n) is 5.47. The zero-order chi connectivity index (χ0) is 16.2. The Morgan fingerprint density at radius 3 is 2.83 bits per heavy atom. The van der Waals surface area contributed by atoms with E-state index in [9.17, 15) is 9.59 Å². The number of hydrogen-bond acceptors (Lipinski definition) is 4. The molecule has 0 saturated heterocycles. The van der Waals surface area contributed by atoms with Gasteiger partial charge in [-0.25, -0.2) is 0 Å².